The Bertz CT molecular complexity index is 692. The van der Waals surface area contributed by atoms with Crippen molar-refractivity contribution in [1.82, 2.24) is 0 Å². The third-order valence-electron chi connectivity index (χ3n) is 3.89. The minimum Gasteiger partial charge on any atom is -0.507 e. The van der Waals surface area contributed by atoms with E-state index in [0.29, 0.717) is 18.3 Å². The molecule has 0 heterocycles. The Morgan fingerprint density at radius 2 is 1.54 bits per heavy atom. The molecule has 2 N–H and O–H groups in total. The number of ether oxygens (including phenoxy) is 1. The predicted molar refractivity (Wildman–Crippen MR) is 93.8 cm³/mol. The summed E-state index contributed by atoms with van der Waals surface area (Å²) in [5.74, 6) is -0.357. The van der Waals surface area contributed by atoms with Gasteiger partial charge in [-0.05, 0) is 17.0 Å². The van der Waals surface area contributed by atoms with Gasteiger partial charge < -0.3 is 14.9 Å². The van der Waals surface area contributed by atoms with Gasteiger partial charge in [-0.15, -0.1) is 0 Å². The smallest absolute Gasteiger partial charge is 0.172 e. The molecule has 0 aliphatic carbocycles. The molecule has 4 heteroatoms. The lowest BCUT2D eigenvalue weighted by atomic mass is 9.99. The van der Waals surface area contributed by atoms with Gasteiger partial charge in [0.05, 0.1) is 0 Å². The van der Waals surface area contributed by atoms with Crippen molar-refractivity contribution in [3.05, 3.63) is 53.1 Å². The van der Waals surface area contributed by atoms with Crippen molar-refractivity contribution in [3.8, 4) is 17.2 Å². The molecule has 0 aliphatic heterocycles. The Morgan fingerprint density at radius 1 is 1.00 bits per heavy atom. The number of Topliss-reactive ketones (excluding diaryl/α,β-unsaturated/α-hetero) is 1. The van der Waals surface area contributed by atoms with Crippen molar-refractivity contribution < 1.29 is 19.7 Å². The first kappa shape index (κ1) is 17.9. The van der Waals surface area contributed by atoms with E-state index < -0.39 is 0 Å². The van der Waals surface area contributed by atoms with Gasteiger partial charge in [-0.2, -0.15) is 0 Å². The summed E-state index contributed by atoms with van der Waals surface area (Å²) < 4.78 is 5.62. The van der Waals surface area contributed by atoms with E-state index in [1.54, 1.807) is 13.8 Å². The van der Waals surface area contributed by atoms with Crippen LogP contribution in [0.15, 0.2) is 36.4 Å². The standard InChI is InChI=1S/C20H24O4/c1-12(2)15-7-5-14(6-8-15)11-24-16-9-17(21)19(18(22)10-16)20(23)13(3)4/h5-10,12-13,21-22H,11H2,1-4H3. The van der Waals surface area contributed by atoms with Crippen LogP contribution in [0.25, 0.3) is 0 Å². The Hall–Kier alpha value is -2.49. The van der Waals surface area contributed by atoms with Crippen molar-refractivity contribution in [2.45, 2.75) is 40.2 Å². The molecule has 2 aromatic rings. The van der Waals surface area contributed by atoms with Crippen LogP contribution in [0, 0.1) is 5.92 Å². The molecule has 0 amide bonds. The van der Waals surface area contributed by atoms with Crippen LogP contribution in [0.4, 0.5) is 0 Å². The molecule has 0 bridgehead atoms. The average Bonchev–Trinajstić information content (AvgIpc) is 2.52. The van der Waals surface area contributed by atoms with Gasteiger partial charge in [0, 0.05) is 18.1 Å². The lowest BCUT2D eigenvalue weighted by Gasteiger charge is -2.12. The molecular weight excluding hydrogens is 304 g/mol. The lowest BCUT2D eigenvalue weighted by molar-refractivity contribution is 0.0933. The van der Waals surface area contributed by atoms with Crippen molar-refractivity contribution in [2.75, 3.05) is 0 Å². The summed E-state index contributed by atoms with van der Waals surface area (Å²) in [5.41, 5.74) is 2.19. The number of phenolic OH excluding ortho intramolecular Hbond substituents is 2. The van der Waals surface area contributed by atoms with Crippen LogP contribution in [0.2, 0.25) is 0 Å². The number of benzene rings is 2. The number of rotatable bonds is 6. The molecule has 0 aromatic heterocycles. The maximum atomic E-state index is 12.0. The number of hydrogen-bond donors (Lipinski definition) is 2. The second kappa shape index (κ2) is 7.39. The fourth-order valence-electron chi connectivity index (χ4n) is 2.38. The van der Waals surface area contributed by atoms with Crippen LogP contribution in [0.1, 0.15) is 55.1 Å². The first-order chi connectivity index (χ1) is 11.3. The van der Waals surface area contributed by atoms with Crippen LogP contribution in [0.3, 0.4) is 0 Å². The largest absolute Gasteiger partial charge is 0.507 e. The maximum absolute atomic E-state index is 12.0. The summed E-state index contributed by atoms with van der Waals surface area (Å²) in [6.07, 6.45) is 0. The van der Waals surface area contributed by atoms with Crippen LogP contribution in [0.5, 0.6) is 17.2 Å². The summed E-state index contributed by atoms with van der Waals surface area (Å²) in [4.78, 5) is 12.0. The number of phenols is 2. The van der Waals surface area contributed by atoms with Crippen molar-refractivity contribution in [3.63, 3.8) is 0 Å². The molecule has 2 aromatic carbocycles. The van der Waals surface area contributed by atoms with Gasteiger partial charge in [-0.3, -0.25) is 4.79 Å². The molecule has 0 spiro atoms. The fourth-order valence-corrected chi connectivity index (χ4v) is 2.38. The first-order valence-corrected chi connectivity index (χ1v) is 8.11. The van der Waals surface area contributed by atoms with Crippen LogP contribution >= 0.6 is 0 Å². The predicted octanol–water partition coefficient (Wildman–Crippen LogP) is 4.64. The number of carbonyl (C=O) groups is 1. The molecule has 0 fully saturated rings. The molecule has 128 valence electrons. The van der Waals surface area contributed by atoms with Gasteiger partial charge in [0.1, 0.15) is 29.4 Å². The molecule has 0 atom stereocenters. The van der Waals surface area contributed by atoms with E-state index >= 15 is 0 Å². The van der Waals surface area contributed by atoms with Crippen molar-refractivity contribution in [1.29, 1.82) is 0 Å². The van der Waals surface area contributed by atoms with E-state index in [1.165, 1.54) is 17.7 Å². The zero-order valence-electron chi connectivity index (χ0n) is 14.5. The van der Waals surface area contributed by atoms with E-state index in [-0.39, 0.29) is 28.8 Å². The lowest BCUT2D eigenvalue weighted by Crippen LogP contribution is -2.08. The zero-order chi connectivity index (χ0) is 17.9. The van der Waals surface area contributed by atoms with Gasteiger partial charge >= 0.3 is 0 Å². The first-order valence-electron chi connectivity index (χ1n) is 8.11. The molecular formula is C20H24O4. The minimum absolute atomic E-state index is 0.0568. The van der Waals surface area contributed by atoms with Crippen molar-refractivity contribution in [2.24, 2.45) is 5.92 Å². The Labute approximate surface area is 142 Å². The molecule has 4 nitrogen and oxygen atoms in total. The highest BCUT2D eigenvalue weighted by molar-refractivity contribution is 6.02. The van der Waals surface area contributed by atoms with E-state index in [1.807, 2.05) is 12.1 Å². The molecule has 0 unspecified atom stereocenters. The van der Waals surface area contributed by atoms with Crippen LogP contribution < -0.4 is 4.74 Å². The second-order valence-corrected chi connectivity index (χ2v) is 6.54. The van der Waals surface area contributed by atoms with Gasteiger partial charge in [0.15, 0.2) is 5.78 Å². The second-order valence-electron chi connectivity index (χ2n) is 6.54. The Morgan fingerprint density at radius 3 is 2.00 bits per heavy atom. The normalized spacial score (nSPS) is 11.1. The highest BCUT2D eigenvalue weighted by atomic mass is 16.5. The summed E-state index contributed by atoms with van der Waals surface area (Å²) in [6.45, 7) is 8.02. The van der Waals surface area contributed by atoms with E-state index in [9.17, 15) is 15.0 Å². The zero-order valence-corrected chi connectivity index (χ0v) is 14.5. The number of hydrogen-bond acceptors (Lipinski definition) is 4. The van der Waals surface area contributed by atoms with Gasteiger partial charge in [-0.1, -0.05) is 52.0 Å². The highest BCUT2D eigenvalue weighted by Crippen LogP contribution is 2.34. The topological polar surface area (TPSA) is 66.8 Å². The number of aromatic hydroxyl groups is 2. The third-order valence-corrected chi connectivity index (χ3v) is 3.89. The van der Waals surface area contributed by atoms with Crippen LogP contribution in [-0.2, 0) is 6.61 Å². The molecule has 0 aliphatic rings. The van der Waals surface area contributed by atoms with Crippen molar-refractivity contribution >= 4 is 5.78 Å². The minimum atomic E-state index is -0.312. The molecule has 24 heavy (non-hydrogen) atoms. The summed E-state index contributed by atoms with van der Waals surface area (Å²) >= 11 is 0. The molecule has 0 radical (unpaired) electrons. The monoisotopic (exact) mass is 328 g/mol. The molecule has 0 saturated heterocycles. The van der Waals surface area contributed by atoms with E-state index in [2.05, 4.69) is 26.0 Å². The highest BCUT2D eigenvalue weighted by Gasteiger charge is 2.20. The Kier molecular flexibility index (Phi) is 5.50. The maximum Gasteiger partial charge on any atom is 0.172 e. The third kappa shape index (κ3) is 4.07. The SMILES string of the molecule is CC(C)C(=O)c1c(O)cc(OCc2ccc(C(C)C)cc2)cc1O. The number of carbonyl (C=O) groups excluding carboxylic acids is 1. The quantitative estimate of drug-likeness (QED) is 0.758. The molecule has 2 rings (SSSR count). The van der Waals surface area contributed by atoms with E-state index in [0.717, 1.165) is 5.56 Å². The van der Waals surface area contributed by atoms with Gasteiger partial charge in [0.2, 0.25) is 0 Å². The Balaban J connectivity index is 2.12. The summed E-state index contributed by atoms with van der Waals surface area (Å²) in [5, 5.41) is 20.1. The summed E-state index contributed by atoms with van der Waals surface area (Å²) in [7, 11) is 0. The average molecular weight is 328 g/mol. The fraction of sp³-hybridized carbons (Fsp3) is 0.350. The van der Waals surface area contributed by atoms with Gasteiger partial charge in [0.25, 0.3) is 0 Å². The number of ketones is 1. The van der Waals surface area contributed by atoms with Crippen LogP contribution in [-0.4, -0.2) is 16.0 Å². The van der Waals surface area contributed by atoms with Gasteiger partial charge in [-0.25, -0.2) is 0 Å². The van der Waals surface area contributed by atoms with E-state index in [4.69, 9.17) is 4.74 Å². The summed E-state index contributed by atoms with van der Waals surface area (Å²) in [6, 6.07) is 10.8. The molecule has 0 saturated carbocycles.